The van der Waals surface area contributed by atoms with E-state index < -0.39 is 167 Å². The number of anilines is 6. The van der Waals surface area contributed by atoms with Gasteiger partial charge in [-0.25, -0.2) is 56.1 Å². The first-order valence-electron chi connectivity index (χ1n) is 35.0. The average molecular weight is 1540 g/mol. The van der Waals surface area contributed by atoms with E-state index in [0.29, 0.717) is 11.1 Å². The van der Waals surface area contributed by atoms with Crippen molar-refractivity contribution in [3.63, 3.8) is 0 Å². The Balaban J connectivity index is 0.000000125. The predicted molar refractivity (Wildman–Crippen MR) is 361 cm³/mol. The van der Waals surface area contributed by atoms with Crippen molar-refractivity contribution in [3.8, 4) is 0 Å². The SMILES string of the molecule is COC[C@@H]1COC(=O)N1c1noc2c(F)c3c(cc12)CC1(C(=O)NC(=O)NC1=O)[C@H]1[C@H](C)O[C@H](C)CN31.COC[C@H]1COC(=O)N1c1noc2c(F)c3c(cc12)CC1(C(=O)NC(=O)NC1=O)[C@H]1[C@H](C)O[C@H](C)CN31.C[C@@H]1CN2c3c(cc4c(N5C[C@@H](CF)OC5=O)noc4c3F)CC3(C(=O)NC(=O)NC3=O)[C@H]2[C@H](C)O1. The molecular formula is C68H69F4N15O23. The molecule has 3 spiro atoms. The van der Waals surface area contributed by atoms with E-state index in [2.05, 4.69) is 47.4 Å². The normalized spacial score (nSPS) is 28.9. The summed E-state index contributed by atoms with van der Waals surface area (Å²) in [5, 5.41) is 25.4. The van der Waals surface area contributed by atoms with E-state index in [-0.39, 0.29) is 163 Å². The molecule has 9 saturated heterocycles. The molecule has 42 heteroatoms. The van der Waals surface area contributed by atoms with Crippen LogP contribution in [0, 0.1) is 33.7 Å². The molecule has 582 valence electrons. The monoisotopic (exact) mass is 1540 g/mol. The van der Waals surface area contributed by atoms with Gasteiger partial charge in [0.1, 0.15) is 26.0 Å². The Kier molecular flexibility index (Phi) is 17.5. The summed E-state index contributed by atoms with van der Waals surface area (Å²) in [5.41, 5.74) is -4.61. The number of morpholine rings is 3. The lowest BCUT2D eigenvalue weighted by Crippen LogP contribution is -2.75. The first-order chi connectivity index (χ1) is 52.5. The molecule has 0 bridgehead atoms. The topological polar surface area (TPSA) is 448 Å². The molecule has 3 aromatic carbocycles. The number of rotatable bonds is 8. The number of amides is 15. The molecule has 3 aromatic heterocycles. The van der Waals surface area contributed by atoms with Crippen LogP contribution >= 0.6 is 0 Å². The van der Waals surface area contributed by atoms with Crippen molar-refractivity contribution < 1.29 is 127 Å². The first kappa shape index (κ1) is 72.8. The first-order valence-corrected chi connectivity index (χ1v) is 35.0. The van der Waals surface area contributed by atoms with Crippen molar-refractivity contribution in [2.24, 2.45) is 16.2 Å². The number of aromatic nitrogens is 3. The summed E-state index contributed by atoms with van der Waals surface area (Å²) in [6.45, 7) is 10.3. The van der Waals surface area contributed by atoms with Crippen LogP contribution < -0.4 is 61.3 Å². The summed E-state index contributed by atoms with van der Waals surface area (Å²) < 4.78 is 121. The smallest absolute Gasteiger partial charge is 0.416 e. The second-order valence-corrected chi connectivity index (χ2v) is 29.0. The number of halogens is 4. The summed E-state index contributed by atoms with van der Waals surface area (Å²) in [4.78, 5) is 161. The van der Waals surface area contributed by atoms with Crippen LogP contribution in [-0.2, 0) is 85.9 Å². The van der Waals surface area contributed by atoms with Gasteiger partial charge in [-0.05, 0) is 76.4 Å². The molecule has 6 N–H and O–H groups in total. The van der Waals surface area contributed by atoms with Crippen molar-refractivity contribution in [2.75, 3.05) is 103 Å². The number of hydrogen-bond donors (Lipinski definition) is 6. The maximum Gasteiger partial charge on any atom is 0.416 e. The van der Waals surface area contributed by atoms with Gasteiger partial charge in [0, 0.05) is 53.1 Å². The fourth-order valence-electron chi connectivity index (χ4n) is 18.2. The van der Waals surface area contributed by atoms with Crippen molar-refractivity contribution in [1.82, 2.24) is 47.4 Å². The molecule has 12 atom stereocenters. The number of alkyl halides is 1. The van der Waals surface area contributed by atoms with Gasteiger partial charge in [-0.15, -0.1) is 0 Å². The number of benzene rings is 3. The van der Waals surface area contributed by atoms with Gasteiger partial charge in [0.05, 0.1) is 120 Å². The number of nitrogens with zero attached hydrogens (tertiary/aromatic N) is 9. The lowest BCUT2D eigenvalue weighted by atomic mass is 9.66. The zero-order chi connectivity index (χ0) is 78.0. The molecule has 0 aliphatic carbocycles. The third-order valence-corrected chi connectivity index (χ3v) is 22.2. The molecule has 0 unspecified atom stereocenters. The summed E-state index contributed by atoms with van der Waals surface area (Å²) >= 11 is 0. The third kappa shape index (κ3) is 10.8. The quantitative estimate of drug-likeness (QED) is 0.0725. The maximum absolute atomic E-state index is 16.2. The number of methoxy groups -OCH3 is 2. The number of urea groups is 3. The molecule has 18 rings (SSSR count). The van der Waals surface area contributed by atoms with E-state index in [4.69, 9.17) is 51.5 Å². The van der Waals surface area contributed by atoms with Gasteiger partial charge in [0.15, 0.2) is 51.2 Å². The highest BCUT2D eigenvalue weighted by Gasteiger charge is 2.67. The minimum absolute atomic E-state index is 0.0360. The summed E-state index contributed by atoms with van der Waals surface area (Å²) in [7, 11) is 2.95. The van der Waals surface area contributed by atoms with Gasteiger partial charge >= 0.3 is 36.4 Å². The van der Waals surface area contributed by atoms with Crippen LogP contribution in [-0.4, -0.2) is 234 Å². The van der Waals surface area contributed by atoms with Crippen LogP contribution in [0.15, 0.2) is 31.8 Å². The Morgan fingerprint density at radius 1 is 0.455 bits per heavy atom. The summed E-state index contributed by atoms with van der Waals surface area (Å²) in [6, 6.07) is -1.92. The van der Waals surface area contributed by atoms with Crippen molar-refractivity contribution in [1.29, 1.82) is 0 Å². The Bertz CT molecular complexity index is 4770. The van der Waals surface area contributed by atoms with Crippen LogP contribution in [0.3, 0.4) is 0 Å². The molecular weight excluding hydrogens is 1470 g/mol. The van der Waals surface area contributed by atoms with E-state index >= 15 is 13.2 Å². The molecule has 15 heterocycles. The number of fused-ring (bicyclic) bond motifs is 15. The van der Waals surface area contributed by atoms with E-state index in [1.165, 1.54) is 30.1 Å². The minimum atomic E-state index is -1.80. The van der Waals surface area contributed by atoms with Crippen LogP contribution in [0.2, 0.25) is 0 Å². The number of cyclic esters (lactones) is 3. The number of carbonyl (C=O) groups is 12. The Labute approximate surface area is 616 Å². The van der Waals surface area contributed by atoms with Gasteiger partial charge in [0.2, 0.25) is 52.2 Å². The Hall–Kier alpha value is -11.4. The fourth-order valence-corrected chi connectivity index (χ4v) is 18.2. The molecule has 110 heavy (non-hydrogen) atoms. The number of hydrogen-bond acceptors (Lipinski definition) is 29. The third-order valence-electron chi connectivity index (χ3n) is 22.2. The molecule has 38 nitrogen and oxygen atoms in total. The molecule has 12 aliphatic heterocycles. The van der Waals surface area contributed by atoms with E-state index in [1.807, 2.05) is 0 Å². The second kappa shape index (κ2) is 26.5. The van der Waals surface area contributed by atoms with Crippen LogP contribution in [0.4, 0.5) is 80.8 Å². The highest BCUT2D eigenvalue weighted by molar-refractivity contribution is 6.23. The number of imide groups is 6. The maximum atomic E-state index is 16.2. The average Bonchev–Trinajstić information content (AvgIpc) is 0.961. The summed E-state index contributed by atoms with van der Waals surface area (Å²) in [6.07, 6.45) is -6.99. The molecule has 0 radical (unpaired) electrons. The number of ether oxygens (including phenoxy) is 8. The molecule has 9 fully saturated rings. The second-order valence-electron chi connectivity index (χ2n) is 29.0. The number of nitrogens with one attached hydrogen (secondary N) is 6. The van der Waals surface area contributed by atoms with Crippen LogP contribution in [0.1, 0.15) is 58.2 Å². The van der Waals surface area contributed by atoms with E-state index in [1.54, 1.807) is 68.4 Å². The highest BCUT2D eigenvalue weighted by Crippen LogP contribution is 2.54. The lowest BCUT2D eigenvalue weighted by Gasteiger charge is -2.55. The van der Waals surface area contributed by atoms with Crippen LogP contribution in [0.25, 0.3) is 32.9 Å². The fraction of sp³-hybridized carbons (Fsp3) is 0.515. The zero-order valence-corrected chi connectivity index (χ0v) is 59.6. The standard InChI is InChI=1S/2C23H24FN5O8.C22H21F2N5O7/c2*1-9-6-28-15-11(5-23(17(28)10(2)36-9)19(30)25-21(32)26-20(23)31)4-13-16(14(15)24)37-27-18(13)29-12(7-34-3)8-35-22(29)33;1-8-6-28-14-10(4-22(16(28)9(2)34-8)18(30)25-20(32)26-19(22)31)3-12-15(13(14)24)36-27-17(12)29-7-11(5-23)35-21(29)33/h2*4,9-10,12,17H,5-8H2,1-3H3,(H2,25,26,30,31,32);3,8-9,11,16H,4-7H2,1-2H3,(H2,25,26,30,31,32)/t9-,10+,12+,17-;9-,10+,12-,17-;8-,9+,11-,16-/m111/s1. The van der Waals surface area contributed by atoms with Gasteiger partial charge in [-0.1, -0.05) is 15.5 Å². The minimum Gasteiger partial charge on any atom is -0.447 e. The van der Waals surface area contributed by atoms with Crippen LogP contribution in [0.5, 0.6) is 0 Å². The van der Waals surface area contributed by atoms with Gasteiger partial charge in [-0.3, -0.25) is 65.6 Å². The van der Waals surface area contributed by atoms with E-state index in [9.17, 15) is 61.9 Å². The van der Waals surface area contributed by atoms with Crippen molar-refractivity contribution >= 4 is 139 Å². The highest BCUT2D eigenvalue weighted by atomic mass is 19.1. The Morgan fingerprint density at radius 2 is 0.764 bits per heavy atom. The van der Waals surface area contributed by atoms with Gasteiger partial charge in [0.25, 0.3) is 0 Å². The number of carbonyl (C=O) groups excluding carboxylic acids is 12. The Morgan fingerprint density at radius 3 is 1.06 bits per heavy atom. The summed E-state index contributed by atoms with van der Waals surface area (Å²) in [5.74, 6) is -7.06. The predicted octanol–water partition coefficient (Wildman–Crippen LogP) is 2.81. The number of barbiturate groups is 3. The lowest BCUT2D eigenvalue weighted by molar-refractivity contribution is -0.154. The van der Waals surface area contributed by atoms with Gasteiger partial charge < -0.3 is 66.2 Å². The van der Waals surface area contributed by atoms with Crippen molar-refractivity contribution in [2.45, 2.75) is 134 Å². The molecule has 6 aromatic rings. The zero-order valence-electron chi connectivity index (χ0n) is 59.6. The van der Waals surface area contributed by atoms with Gasteiger partial charge in [-0.2, -0.15) is 0 Å². The molecule has 12 aliphatic rings. The molecule has 0 saturated carbocycles. The molecule has 15 amide bonds. The van der Waals surface area contributed by atoms with Crippen molar-refractivity contribution in [3.05, 3.63) is 52.3 Å². The van der Waals surface area contributed by atoms with E-state index in [0.717, 1.165) is 4.90 Å². The largest absolute Gasteiger partial charge is 0.447 e.